The number of nitrogens with one attached hydrogen (secondary N) is 1. The van der Waals surface area contributed by atoms with Gasteiger partial charge in [0.25, 0.3) is 0 Å². The lowest BCUT2D eigenvalue weighted by Gasteiger charge is -2.36. The second kappa shape index (κ2) is 7.12. The van der Waals surface area contributed by atoms with E-state index in [1.165, 1.54) is 0 Å². The van der Waals surface area contributed by atoms with Gasteiger partial charge in [0.2, 0.25) is 0 Å². The average molecular weight is 397 g/mol. The van der Waals surface area contributed by atoms with Crippen LogP contribution >= 0.6 is 0 Å². The van der Waals surface area contributed by atoms with Crippen molar-refractivity contribution >= 4 is 23.2 Å². The molecule has 8 heteroatoms. The third-order valence-electron chi connectivity index (χ3n) is 5.52. The third-order valence-corrected chi connectivity index (χ3v) is 5.52. The number of carbonyl (C=O) groups excluding carboxylic acids is 1. The van der Waals surface area contributed by atoms with Gasteiger partial charge in [-0.15, -0.1) is 0 Å². The van der Waals surface area contributed by atoms with E-state index in [2.05, 4.69) is 26.3 Å². The molecule has 1 atom stereocenters. The Bertz CT molecular complexity index is 1150. The van der Waals surface area contributed by atoms with E-state index in [4.69, 9.17) is 4.98 Å². The summed E-state index contributed by atoms with van der Waals surface area (Å²) < 4.78 is 0. The highest BCUT2D eigenvalue weighted by Gasteiger charge is 2.41. The fourth-order valence-electron chi connectivity index (χ4n) is 4.04. The summed E-state index contributed by atoms with van der Waals surface area (Å²) in [4.78, 5) is 30.3. The maximum atomic E-state index is 13.2. The minimum Gasteiger partial charge on any atom is -0.366 e. The van der Waals surface area contributed by atoms with Crippen molar-refractivity contribution in [2.24, 2.45) is 0 Å². The molecule has 0 spiro atoms. The molecule has 2 aliphatic rings. The predicted molar refractivity (Wildman–Crippen MR) is 113 cm³/mol. The van der Waals surface area contributed by atoms with E-state index < -0.39 is 0 Å². The van der Waals surface area contributed by atoms with Gasteiger partial charge >= 0.3 is 6.03 Å². The Morgan fingerprint density at radius 3 is 2.93 bits per heavy atom. The van der Waals surface area contributed by atoms with Gasteiger partial charge in [-0.25, -0.2) is 9.78 Å². The molecule has 1 fully saturated rings. The van der Waals surface area contributed by atoms with Crippen LogP contribution in [0.5, 0.6) is 0 Å². The van der Waals surface area contributed by atoms with E-state index in [-0.39, 0.29) is 12.1 Å². The van der Waals surface area contributed by atoms with Gasteiger partial charge in [-0.05, 0) is 43.7 Å². The lowest BCUT2D eigenvalue weighted by atomic mass is 10.1. The number of nitrogens with zero attached hydrogens (tertiary/aromatic N) is 6. The van der Waals surface area contributed by atoms with E-state index in [9.17, 15) is 10.1 Å². The topological polar surface area (TPSA) is 98.0 Å². The molecule has 3 aromatic heterocycles. The summed E-state index contributed by atoms with van der Waals surface area (Å²) >= 11 is 0. The first kappa shape index (κ1) is 18.1. The molecule has 30 heavy (non-hydrogen) atoms. The quantitative estimate of drug-likeness (QED) is 0.712. The average Bonchev–Trinajstić information content (AvgIpc) is 3.19. The molecule has 0 radical (unpaired) electrons. The lowest BCUT2D eigenvalue weighted by Crippen LogP contribution is -2.48. The van der Waals surface area contributed by atoms with Crippen LogP contribution in [0.15, 0.2) is 48.9 Å². The highest BCUT2D eigenvalue weighted by molar-refractivity contribution is 6.05. The largest absolute Gasteiger partial charge is 0.366 e. The molecule has 5 rings (SSSR count). The SMILES string of the molecule is Cc1ccc(-c2nc3c(cc2C#N)N2CCC(C2)N3C(=O)Nc2cccnc2)cn1. The van der Waals surface area contributed by atoms with Crippen LogP contribution in [0.3, 0.4) is 0 Å². The normalized spacial score (nSPS) is 16.7. The van der Waals surface area contributed by atoms with Crippen molar-refractivity contribution in [1.29, 1.82) is 5.26 Å². The molecular weight excluding hydrogens is 378 g/mol. The zero-order valence-electron chi connectivity index (χ0n) is 16.4. The standard InChI is InChI=1S/C22H19N7O/c1-14-4-5-15(11-25-14)20-16(10-23)9-19-21(27-20)29(18-6-8-28(19)13-18)22(30)26-17-3-2-7-24-12-17/h2-5,7,9,11-12,18H,6,8,13H2,1H3,(H,26,30). The summed E-state index contributed by atoms with van der Waals surface area (Å²) in [5.41, 5.74) is 4.08. The van der Waals surface area contributed by atoms with Crippen molar-refractivity contribution in [2.75, 3.05) is 28.2 Å². The van der Waals surface area contributed by atoms with E-state index >= 15 is 0 Å². The van der Waals surface area contributed by atoms with Crippen LogP contribution in [-0.2, 0) is 0 Å². The van der Waals surface area contributed by atoms with E-state index in [1.54, 1.807) is 35.6 Å². The number of pyridine rings is 3. The van der Waals surface area contributed by atoms with E-state index in [0.29, 0.717) is 22.8 Å². The van der Waals surface area contributed by atoms with Crippen molar-refractivity contribution < 1.29 is 4.79 Å². The molecule has 3 aromatic rings. The minimum absolute atomic E-state index is 0.0265. The molecule has 1 saturated heterocycles. The Hall–Kier alpha value is -3.99. The number of fused-ring (bicyclic) bond motifs is 4. The molecule has 0 aromatic carbocycles. The Kier molecular flexibility index (Phi) is 4.29. The number of nitriles is 1. The van der Waals surface area contributed by atoms with Crippen LogP contribution in [-0.4, -0.2) is 40.1 Å². The maximum absolute atomic E-state index is 13.2. The number of anilines is 3. The Labute approximate surface area is 173 Å². The molecule has 2 amide bonds. The van der Waals surface area contributed by atoms with Gasteiger partial charge in [0, 0.05) is 36.7 Å². The van der Waals surface area contributed by atoms with Crippen LogP contribution in [0, 0.1) is 18.3 Å². The zero-order valence-corrected chi connectivity index (χ0v) is 16.4. The summed E-state index contributed by atoms with van der Waals surface area (Å²) in [5, 5.41) is 12.7. The van der Waals surface area contributed by atoms with Gasteiger partial charge in [-0.2, -0.15) is 5.26 Å². The summed E-state index contributed by atoms with van der Waals surface area (Å²) in [6, 6.07) is 11.2. The van der Waals surface area contributed by atoms with Gasteiger partial charge in [0.15, 0.2) is 5.82 Å². The van der Waals surface area contributed by atoms with Gasteiger partial charge in [-0.1, -0.05) is 0 Å². The number of amides is 2. The van der Waals surface area contributed by atoms with Crippen molar-refractivity contribution in [1.82, 2.24) is 15.0 Å². The van der Waals surface area contributed by atoms with Gasteiger partial charge in [0.05, 0.1) is 34.9 Å². The highest BCUT2D eigenvalue weighted by atomic mass is 16.2. The van der Waals surface area contributed by atoms with Crippen LogP contribution in [0.25, 0.3) is 11.3 Å². The molecule has 1 N–H and O–H groups in total. The summed E-state index contributed by atoms with van der Waals surface area (Å²) in [7, 11) is 0. The number of urea groups is 1. The molecular formula is C22H19N7O. The smallest absolute Gasteiger partial charge is 0.327 e. The summed E-state index contributed by atoms with van der Waals surface area (Å²) in [5.74, 6) is 0.569. The molecule has 5 heterocycles. The van der Waals surface area contributed by atoms with Crippen LogP contribution in [0.1, 0.15) is 17.7 Å². The summed E-state index contributed by atoms with van der Waals surface area (Å²) in [6.07, 6.45) is 5.83. The van der Waals surface area contributed by atoms with Crippen molar-refractivity contribution in [3.63, 3.8) is 0 Å². The van der Waals surface area contributed by atoms with Crippen molar-refractivity contribution in [3.05, 3.63) is 60.2 Å². The molecule has 1 unspecified atom stereocenters. The number of hydrogen-bond acceptors (Lipinski definition) is 6. The molecule has 2 aliphatic heterocycles. The predicted octanol–water partition coefficient (Wildman–Crippen LogP) is 3.35. The molecule has 0 aliphatic carbocycles. The maximum Gasteiger partial charge on any atom is 0.327 e. The first-order valence-corrected chi connectivity index (χ1v) is 9.77. The van der Waals surface area contributed by atoms with Crippen LogP contribution in [0.2, 0.25) is 0 Å². The van der Waals surface area contributed by atoms with Crippen LogP contribution in [0.4, 0.5) is 22.0 Å². The second-order valence-corrected chi connectivity index (χ2v) is 7.46. The van der Waals surface area contributed by atoms with Crippen molar-refractivity contribution in [2.45, 2.75) is 19.4 Å². The Balaban J connectivity index is 1.60. The van der Waals surface area contributed by atoms with Crippen molar-refractivity contribution in [3.8, 4) is 17.3 Å². The van der Waals surface area contributed by atoms with Gasteiger partial charge in [0.1, 0.15) is 6.07 Å². The minimum atomic E-state index is -0.249. The van der Waals surface area contributed by atoms with Crippen LogP contribution < -0.4 is 15.1 Å². The lowest BCUT2D eigenvalue weighted by molar-refractivity contribution is 0.255. The number of aryl methyl sites for hydroxylation is 1. The van der Waals surface area contributed by atoms with E-state index in [0.717, 1.165) is 36.5 Å². The summed E-state index contributed by atoms with van der Waals surface area (Å²) in [6.45, 7) is 3.46. The third kappa shape index (κ3) is 3.01. The number of rotatable bonds is 2. The molecule has 148 valence electrons. The van der Waals surface area contributed by atoms with E-state index in [1.807, 2.05) is 25.1 Å². The first-order valence-electron chi connectivity index (χ1n) is 9.77. The Morgan fingerprint density at radius 1 is 1.30 bits per heavy atom. The molecule has 2 bridgehead atoms. The Morgan fingerprint density at radius 2 is 2.20 bits per heavy atom. The van der Waals surface area contributed by atoms with Gasteiger partial charge < -0.3 is 10.2 Å². The zero-order chi connectivity index (χ0) is 20.7. The number of carbonyl (C=O) groups is 1. The monoisotopic (exact) mass is 397 g/mol. The number of aromatic nitrogens is 3. The fourth-order valence-corrected chi connectivity index (χ4v) is 4.04. The number of hydrogen-bond donors (Lipinski definition) is 1. The second-order valence-electron chi connectivity index (χ2n) is 7.46. The fraction of sp³-hybridized carbons (Fsp3) is 0.227. The molecule has 8 nitrogen and oxygen atoms in total. The van der Waals surface area contributed by atoms with Gasteiger partial charge in [-0.3, -0.25) is 14.9 Å². The molecule has 0 saturated carbocycles. The highest BCUT2D eigenvalue weighted by Crippen LogP contribution is 2.41. The first-order chi connectivity index (χ1) is 14.6.